The lowest BCUT2D eigenvalue weighted by atomic mass is 10.00. The Morgan fingerprint density at radius 2 is 2.00 bits per heavy atom. The molecule has 20 heavy (non-hydrogen) atoms. The van der Waals surface area contributed by atoms with Crippen LogP contribution in [0.4, 0.5) is 0 Å². The van der Waals surface area contributed by atoms with Crippen molar-refractivity contribution in [1.82, 2.24) is 5.32 Å². The first-order valence-corrected chi connectivity index (χ1v) is 6.34. The third-order valence-corrected chi connectivity index (χ3v) is 3.07. The molecule has 1 aromatic rings. The smallest absolute Gasteiger partial charge is 0.337 e. The van der Waals surface area contributed by atoms with Gasteiger partial charge in [0, 0.05) is 13.5 Å². The Hall–Kier alpha value is -1.63. The van der Waals surface area contributed by atoms with E-state index in [0.29, 0.717) is 0 Å². The molecular weight excluding hydrogens is 286 g/mol. The largest absolute Gasteiger partial charge is 0.478 e. The molecule has 0 aliphatic heterocycles. The second-order valence-corrected chi connectivity index (χ2v) is 4.74. The van der Waals surface area contributed by atoms with Gasteiger partial charge in [-0.1, -0.05) is 17.7 Å². The van der Waals surface area contributed by atoms with Gasteiger partial charge in [-0.2, -0.15) is 0 Å². The highest BCUT2D eigenvalue weighted by Gasteiger charge is 2.20. The Labute approximate surface area is 121 Å². The summed E-state index contributed by atoms with van der Waals surface area (Å²) in [6, 6.07) is 4.02. The molecule has 1 rings (SSSR count). The van der Waals surface area contributed by atoms with Crippen molar-refractivity contribution < 1.29 is 24.9 Å². The quantitative estimate of drug-likeness (QED) is 0.626. The van der Waals surface area contributed by atoms with Crippen LogP contribution in [0.1, 0.15) is 35.4 Å². The molecule has 0 saturated carbocycles. The fourth-order valence-corrected chi connectivity index (χ4v) is 1.87. The van der Waals surface area contributed by atoms with Gasteiger partial charge in [-0.25, -0.2) is 4.79 Å². The SMILES string of the molecule is CC(=O)NCCC(O)C(O)c1ccc(Cl)c(C(=O)O)c1. The fraction of sp³-hybridized carbons (Fsp3) is 0.385. The molecule has 0 aromatic heterocycles. The predicted octanol–water partition coefficient (Wildman–Crippen LogP) is 0.959. The molecule has 0 fully saturated rings. The van der Waals surface area contributed by atoms with Crippen LogP contribution in [-0.2, 0) is 4.79 Å². The number of hydrogen-bond donors (Lipinski definition) is 4. The van der Waals surface area contributed by atoms with E-state index < -0.39 is 18.2 Å². The predicted molar refractivity (Wildman–Crippen MR) is 72.7 cm³/mol. The number of carbonyl (C=O) groups is 2. The van der Waals surface area contributed by atoms with Gasteiger partial charge in [0.2, 0.25) is 5.91 Å². The molecule has 1 aromatic carbocycles. The molecule has 2 atom stereocenters. The third-order valence-electron chi connectivity index (χ3n) is 2.74. The maximum absolute atomic E-state index is 10.9. The molecule has 6 nitrogen and oxygen atoms in total. The fourth-order valence-electron chi connectivity index (χ4n) is 1.67. The van der Waals surface area contributed by atoms with Crippen LogP contribution in [0.15, 0.2) is 18.2 Å². The zero-order chi connectivity index (χ0) is 15.3. The summed E-state index contributed by atoms with van der Waals surface area (Å²) in [7, 11) is 0. The molecule has 7 heteroatoms. The number of rotatable bonds is 6. The topological polar surface area (TPSA) is 107 Å². The van der Waals surface area contributed by atoms with Gasteiger partial charge in [-0.3, -0.25) is 4.79 Å². The van der Waals surface area contributed by atoms with Crippen molar-refractivity contribution in [3.8, 4) is 0 Å². The summed E-state index contributed by atoms with van der Waals surface area (Å²) < 4.78 is 0. The molecular formula is C13H16ClNO5. The van der Waals surface area contributed by atoms with Crippen LogP contribution in [0.5, 0.6) is 0 Å². The summed E-state index contributed by atoms with van der Waals surface area (Å²) in [6.45, 7) is 1.56. The standard InChI is InChI=1S/C13H16ClNO5/c1-7(16)15-5-4-11(17)12(18)8-2-3-10(14)9(6-8)13(19)20/h2-3,6,11-12,17-18H,4-5H2,1H3,(H,15,16)(H,19,20). The highest BCUT2D eigenvalue weighted by atomic mass is 35.5. The maximum atomic E-state index is 10.9. The number of halogens is 1. The maximum Gasteiger partial charge on any atom is 0.337 e. The minimum atomic E-state index is -1.25. The van der Waals surface area contributed by atoms with Crippen LogP contribution in [0.25, 0.3) is 0 Å². The molecule has 1 amide bonds. The molecule has 0 bridgehead atoms. The summed E-state index contributed by atoms with van der Waals surface area (Å²) >= 11 is 5.72. The van der Waals surface area contributed by atoms with Crippen LogP contribution in [0, 0.1) is 0 Å². The van der Waals surface area contributed by atoms with E-state index >= 15 is 0 Å². The van der Waals surface area contributed by atoms with Gasteiger partial charge in [-0.05, 0) is 24.1 Å². The van der Waals surface area contributed by atoms with E-state index in [4.69, 9.17) is 16.7 Å². The number of carboxylic acids is 1. The van der Waals surface area contributed by atoms with E-state index in [9.17, 15) is 19.8 Å². The van der Waals surface area contributed by atoms with Crippen LogP contribution in [-0.4, -0.2) is 39.8 Å². The number of aromatic carboxylic acids is 1. The number of carbonyl (C=O) groups excluding carboxylic acids is 1. The molecule has 4 N–H and O–H groups in total. The minimum Gasteiger partial charge on any atom is -0.478 e. The molecule has 0 aliphatic carbocycles. The van der Waals surface area contributed by atoms with Crippen molar-refractivity contribution in [3.63, 3.8) is 0 Å². The van der Waals surface area contributed by atoms with Crippen molar-refractivity contribution in [1.29, 1.82) is 0 Å². The van der Waals surface area contributed by atoms with E-state index in [0.717, 1.165) is 0 Å². The Balaban J connectivity index is 2.76. The van der Waals surface area contributed by atoms with Crippen molar-refractivity contribution in [2.45, 2.75) is 25.6 Å². The Kier molecular flexibility index (Phi) is 5.94. The average Bonchev–Trinajstić information content (AvgIpc) is 2.37. The normalized spacial score (nSPS) is 13.6. The number of aliphatic hydroxyl groups excluding tert-OH is 2. The molecule has 0 radical (unpaired) electrons. The molecule has 2 unspecified atom stereocenters. The van der Waals surface area contributed by atoms with Crippen LogP contribution < -0.4 is 5.32 Å². The van der Waals surface area contributed by atoms with Crippen molar-refractivity contribution in [2.75, 3.05) is 6.54 Å². The van der Waals surface area contributed by atoms with E-state index in [2.05, 4.69) is 5.32 Å². The second-order valence-electron chi connectivity index (χ2n) is 4.33. The van der Waals surface area contributed by atoms with Gasteiger partial charge in [0.1, 0.15) is 6.10 Å². The highest BCUT2D eigenvalue weighted by molar-refractivity contribution is 6.33. The van der Waals surface area contributed by atoms with Gasteiger partial charge in [-0.15, -0.1) is 0 Å². The van der Waals surface area contributed by atoms with E-state index in [1.54, 1.807) is 0 Å². The second kappa shape index (κ2) is 7.23. The van der Waals surface area contributed by atoms with Gasteiger partial charge in [0.25, 0.3) is 0 Å². The van der Waals surface area contributed by atoms with Crippen LogP contribution in [0.3, 0.4) is 0 Å². The monoisotopic (exact) mass is 301 g/mol. The molecule has 0 saturated heterocycles. The first-order chi connectivity index (χ1) is 9.32. The lowest BCUT2D eigenvalue weighted by molar-refractivity contribution is -0.119. The number of amides is 1. The Morgan fingerprint density at radius 3 is 2.55 bits per heavy atom. The first kappa shape index (κ1) is 16.4. The van der Waals surface area contributed by atoms with Gasteiger partial charge in [0.05, 0.1) is 16.7 Å². The summed E-state index contributed by atoms with van der Waals surface area (Å²) in [5, 5.41) is 31.2. The summed E-state index contributed by atoms with van der Waals surface area (Å²) in [4.78, 5) is 21.6. The van der Waals surface area contributed by atoms with Gasteiger partial charge in [0.15, 0.2) is 0 Å². The first-order valence-electron chi connectivity index (χ1n) is 5.96. The summed E-state index contributed by atoms with van der Waals surface area (Å²) in [5.41, 5.74) is 0.111. The van der Waals surface area contributed by atoms with Crippen molar-refractivity contribution >= 4 is 23.5 Å². The molecule has 0 spiro atoms. The Morgan fingerprint density at radius 1 is 1.35 bits per heavy atom. The number of benzene rings is 1. The lowest BCUT2D eigenvalue weighted by Crippen LogP contribution is -2.27. The van der Waals surface area contributed by atoms with Crippen molar-refractivity contribution in [2.24, 2.45) is 0 Å². The average molecular weight is 302 g/mol. The van der Waals surface area contributed by atoms with E-state index in [1.807, 2.05) is 0 Å². The highest BCUT2D eigenvalue weighted by Crippen LogP contribution is 2.24. The third kappa shape index (κ3) is 4.48. The zero-order valence-electron chi connectivity index (χ0n) is 10.8. The van der Waals surface area contributed by atoms with Crippen molar-refractivity contribution in [3.05, 3.63) is 34.3 Å². The van der Waals surface area contributed by atoms with Gasteiger partial charge >= 0.3 is 5.97 Å². The number of hydrogen-bond acceptors (Lipinski definition) is 4. The van der Waals surface area contributed by atoms with Crippen LogP contribution >= 0.6 is 11.6 Å². The van der Waals surface area contributed by atoms with E-state index in [1.165, 1.54) is 25.1 Å². The number of nitrogens with one attached hydrogen (secondary N) is 1. The summed E-state index contributed by atoms with van der Waals surface area (Å²) in [5.74, 6) is -1.44. The number of carboxylic acid groups (broad SMARTS) is 1. The Bertz CT molecular complexity index is 506. The number of aliphatic hydroxyl groups is 2. The lowest BCUT2D eigenvalue weighted by Gasteiger charge is -2.18. The van der Waals surface area contributed by atoms with Crippen LogP contribution in [0.2, 0.25) is 5.02 Å². The van der Waals surface area contributed by atoms with E-state index in [-0.39, 0.29) is 35.0 Å². The molecule has 0 aliphatic rings. The summed E-state index contributed by atoms with van der Waals surface area (Å²) in [6.07, 6.45) is -2.23. The minimum absolute atomic E-state index is 0.0567. The molecule has 0 heterocycles. The zero-order valence-corrected chi connectivity index (χ0v) is 11.6. The van der Waals surface area contributed by atoms with Gasteiger partial charge < -0.3 is 20.6 Å². The molecule has 110 valence electrons.